The number of fused-ring (bicyclic) bond motifs is 2. The summed E-state index contributed by atoms with van der Waals surface area (Å²) in [6.45, 7) is 4.42. The molecule has 1 N–H and O–H groups in total. The monoisotopic (exact) mass is 662 g/mol. The zero-order chi connectivity index (χ0) is 31.9. The Bertz CT molecular complexity index is 2350. The highest BCUT2D eigenvalue weighted by Crippen LogP contribution is 2.31. The van der Waals surface area contributed by atoms with Crippen molar-refractivity contribution in [1.29, 1.82) is 0 Å². The molecule has 1 aliphatic rings. The van der Waals surface area contributed by atoms with E-state index < -0.39 is 6.04 Å². The molecule has 1 amide bonds. The van der Waals surface area contributed by atoms with E-state index in [2.05, 4.69) is 22.0 Å². The molecule has 0 bridgehead atoms. The second-order valence-electron chi connectivity index (χ2n) is 11.3. The molecule has 0 unspecified atom stereocenters. The molecule has 0 radical (unpaired) electrons. The van der Waals surface area contributed by atoms with Crippen LogP contribution in [0.25, 0.3) is 17.0 Å². The first-order valence-corrected chi connectivity index (χ1v) is 16.3. The van der Waals surface area contributed by atoms with Gasteiger partial charge in [-0.15, -0.1) is 0 Å². The fourth-order valence-electron chi connectivity index (χ4n) is 5.89. The van der Waals surface area contributed by atoms with Crippen LogP contribution in [0.3, 0.4) is 0 Å². The van der Waals surface area contributed by atoms with Crippen molar-refractivity contribution in [2.45, 2.75) is 26.4 Å². The third kappa shape index (κ3) is 5.62. The molecule has 0 spiro atoms. The lowest BCUT2D eigenvalue weighted by Gasteiger charge is -2.25. The number of carbonyl (C=O) groups is 1. The van der Waals surface area contributed by atoms with Crippen molar-refractivity contribution in [3.8, 4) is 0 Å². The summed E-state index contributed by atoms with van der Waals surface area (Å²) in [6, 6.07) is 30.3. The average Bonchev–Trinajstić information content (AvgIpc) is 3.55. The molecular formula is C37H28Cl2N4O2S. The number of hydrogen-bond acceptors (Lipinski definition) is 4. The second-order valence-corrected chi connectivity index (χ2v) is 13.1. The summed E-state index contributed by atoms with van der Waals surface area (Å²) >= 11 is 13.8. The van der Waals surface area contributed by atoms with Crippen LogP contribution in [-0.4, -0.2) is 15.0 Å². The topological polar surface area (TPSA) is 68.4 Å². The number of benzene rings is 4. The maximum Gasteiger partial charge on any atom is 0.271 e. The highest BCUT2D eigenvalue weighted by Gasteiger charge is 2.32. The Morgan fingerprint density at radius 3 is 2.43 bits per heavy atom. The SMILES string of the molecule is CC1=C(C(=O)Nc2ccccc2)[C@H](c2ccc(C)cc2)n2c(s/c(=C/c3cn(Cc4ccc(Cl)c(Cl)c4)c4ccccc34)c2=O)=N1. The molecule has 3 heterocycles. The number of hydrogen-bond donors (Lipinski definition) is 1. The highest BCUT2D eigenvalue weighted by atomic mass is 35.5. The molecule has 228 valence electrons. The number of thiazole rings is 1. The molecule has 6 nitrogen and oxygen atoms in total. The van der Waals surface area contributed by atoms with Gasteiger partial charge in [0.05, 0.1) is 31.9 Å². The van der Waals surface area contributed by atoms with Crippen LogP contribution in [0, 0.1) is 6.92 Å². The summed E-state index contributed by atoms with van der Waals surface area (Å²) in [5.74, 6) is -0.294. The van der Waals surface area contributed by atoms with Gasteiger partial charge in [0.25, 0.3) is 11.5 Å². The summed E-state index contributed by atoms with van der Waals surface area (Å²) in [4.78, 5) is 33.5. The first-order valence-electron chi connectivity index (χ1n) is 14.7. The van der Waals surface area contributed by atoms with Crippen molar-refractivity contribution >= 4 is 63.1 Å². The maximum atomic E-state index is 14.3. The van der Waals surface area contributed by atoms with E-state index in [-0.39, 0.29) is 11.5 Å². The molecule has 1 atom stereocenters. The van der Waals surface area contributed by atoms with Crippen LogP contribution in [0.4, 0.5) is 5.69 Å². The fraction of sp³-hybridized carbons (Fsp3) is 0.108. The Hall–Kier alpha value is -4.69. The molecule has 46 heavy (non-hydrogen) atoms. The first-order chi connectivity index (χ1) is 22.3. The van der Waals surface area contributed by atoms with Gasteiger partial charge >= 0.3 is 0 Å². The van der Waals surface area contributed by atoms with Crippen molar-refractivity contribution in [2.24, 2.45) is 4.99 Å². The van der Waals surface area contributed by atoms with Gasteiger partial charge in [-0.25, -0.2) is 4.99 Å². The lowest BCUT2D eigenvalue weighted by atomic mass is 9.94. The molecule has 9 heteroatoms. The predicted molar refractivity (Wildman–Crippen MR) is 188 cm³/mol. The highest BCUT2D eigenvalue weighted by molar-refractivity contribution is 7.07. The van der Waals surface area contributed by atoms with Crippen LogP contribution in [0.15, 0.2) is 124 Å². The number of halogens is 2. The lowest BCUT2D eigenvalue weighted by Crippen LogP contribution is -2.40. The predicted octanol–water partition coefficient (Wildman–Crippen LogP) is 7.49. The van der Waals surface area contributed by atoms with E-state index in [0.717, 1.165) is 33.2 Å². The van der Waals surface area contributed by atoms with E-state index in [1.54, 1.807) is 10.6 Å². The van der Waals surface area contributed by atoms with Crippen molar-refractivity contribution < 1.29 is 4.79 Å². The lowest BCUT2D eigenvalue weighted by molar-refractivity contribution is -0.113. The normalized spacial score (nSPS) is 14.8. The van der Waals surface area contributed by atoms with Crippen molar-refractivity contribution in [2.75, 3.05) is 5.32 Å². The Labute approximate surface area is 279 Å². The summed E-state index contributed by atoms with van der Waals surface area (Å²) in [5, 5.41) is 5.04. The van der Waals surface area contributed by atoms with Gasteiger partial charge in [-0.1, -0.05) is 107 Å². The average molecular weight is 664 g/mol. The smallest absolute Gasteiger partial charge is 0.271 e. The minimum Gasteiger partial charge on any atom is -0.342 e. The van der Waals surface area contributed by atoms with Crippen LogP contribution in [0.2, 0.25) is 10.0 Å². The van der Waals surface area contributed by atoms with E-state index in [9.17, 15) is 9.59 Å². The minimum atomic E-state index is -0.640. The number of rotatable bonds is 6. The number of amides is 1. The molecule has 7 rings (SSSR count). The summed E-state index contributed by atoms with van der Waals surface area (Å²) in [7, 11) is 0. The number of aromatic nitrogens is 2. The number of allylic oxidation sites excluding steroid dienone is 1. The van der Waals surface area contributed by atoms with Gasteiger partial charge < -0.3 is 9.88 Å². The van der Waals surface area contributed by atoms with E-state index in [4.69, 9.17) is 28.2 Å². The van der Waals surface area contributed by atoms with Gasteiger partial charge in [0.1, 0.15) is 0 Å². The molecule has 4 aromatic carbocycles. The molecule has 6 aromatic rings. The first kappa shape index (κ1) is 30.0. The van der Waals surface area contributed by atoms with Crippen LogP contribution < -0.4 is 20.2 Å². The number of carbonyl (C=O) groups excluding carboxylic acids is 1. The van der Waals surface area contributed by atoms with Crippen molar-refractivity contribution in [1.82, 2.24) is 9.13 Å². The minimum absolute atomic E-state index is 0.201. The Morgan fingerprint density at radius 2 is 1.67 bits per heavy atom. The number of nitrogens with one attached hydrogen (secondary N) is 1. The summed E-state index contributed by atoms with van der Waals surface area (Å²) in [6.07, 6.45) is 3.97. The van der Waals surface area contributed by atoms with Crippen LogP contribution >= 0.6 is 34.5 Å². The second kappa shape index (κ2) is 12.2. The van der Waals surface area contributed by atoms with E-state index in [1.807, 2.05) is 105 Å². The Kier molecular flexibility index (Phi) is 7.99. The van der Waals surface area contributed by atoms with Crippen LogP contribution in [-0.2, 0) is 11.3 Å². The van der Waals surface area contributed by atoms with Gasteiger partial charge in [0.2, 0.25) is 0 Å². The number of aryl methyl sites for hydroxylation is 1. The molecule has 0 saturated carbocycles. The van der Waals surface area contributed by atoms with Gasteiger partial charge in [-0.05, 0) is 61.4 Å². The van der Waals surface area contributed by atoms with Gasteiger partial charge in [-0.2, -0.15) is 0 Å². The van der Waals surface area contributed by atoms with Crippen LogP contribution in [0.1, 0.15) is 35.2 Å². The van der Waals surface area contributed by atoms with Gasteiger partial charge in [-0.3, -0.25) is 14.2 Å². The van der Waals surface area contributed by atoms with Crippen molar-refractivity contribution in [3.05, 3.63) is 167 Å². The Balaban J connectivity index is 1.35. The van der Waals surface area contributed by atoms with E-state index >= 15 is 0 Å². The molecule has 0 aliphatic carbocycles. The van der Waals surface area contributed by atoms with Gasteiger partial charge in [0.15, 0.2) is 4.80 Å². The van der Waals surface area contributed by atoms with Crippen molar-refractivity contribution in [3.63, 3.8) is 0 Å². The molecule has 1 aliphatic heterocycles. The zero-order valence-electron chi connectivity index (χ0n) is 25.0. The maximum absolute atomic E-state index is 14.3. The Morgan fingerprint density at radius 1 is 0.935 bits per heavy atom. The zero-order valence-corrected chi connectivity index (χ0v) is 27.3. The molecule has 2 aromatic heterocycles. The van der Waals surface area contributed by atoms with E-state index in [0.29, 0.717) is 42.9 Å². The largest absolute Gasteiger partial charge is 0.342 e. The third-order valence-electron chi connectivity index (χ3n) is 8.13. The summed E-state index contributed by atoms with van der Waals surface area (Å²) < 4.78 is 4.33. The fourth-order valence-corrected chi connectivity index (χ4v) is 7.25. The van der Waals surface area contributed by atoms with Crippen LogP contribution in [0.5, 0.6) is 0 Å². The standard InChI is InChI=1S/C37H28Cl2N4O2S/c1-22-12-15-25(16-13-22)34-33(35(44)41-27-8-4-3-5-9-27)23(2)40-37-43(34)36(45)32(46-37)19-26-21-42(31-11-7-6-10-28(26)31)20-24-14-17-29(38)30(39)18-24/h3-19,21,34H,20H2,1-2H3,(H,41,44)/b32-19+/t34-/m0/s1. The summed E-state index contributed by atoms with van der Waals surface area (Å²) in [5.41, 5.74) is 6.35. The third-order valence-corrected chi connectivity index (χ3v) is 9.86. The van der Waals surface area contributed by atoms with E-state index in [1.165, 1.54) is 11.3 Å². The number of para-hydroxylation sites is 2. The quantitative estimate of drug-likeness (QED) is 0.201. The number of nitrogens with zero attached hydrogens (tertiary/aromatic N) is 3. The molecule has 0 saturated heterocycles. The molecule has 0 fully saturated rings. The van der Waals surface area contributed by atoms with Gasteiger partial charge in [0, 0.05) is 34.9 Å². The number of anilines is 1. The molecular weight excluding hydrogens is 635 g/mol.